The summed E-state index contributed by atoms with van der Waals surface area (Å²) in [5.41, 5.74) is -0.0119. The summed E-state index contributed by atoms with van der Waals surface area (Å²) in [6.45, 7) is 0. The lowest BCUT2D eigenvalue weighted by Crippen LogP contribution is -1.88. The van der Waals surface area contributed by atoms with Gasteiger partial charge in [0.05, 0.1) is 0 Å². The van der Waals surface area contributed by atoms with E-state index >= 15 is 0 Å². The minimum Gasteiger partial charge on any atom is -0.303 e. The molecule has 0 saturated carbocycles. The summed E-state index contributed by atoms with van der Waals surface area (Å²) >= 11 is 1.19. The number of hydrogen-bond donors (Lipinski definition) is 0. The molecule has 0 aliphatic heterocycles. The van der Waals surface area contributed by atoms with Gasteiger partial charge in [-0.05, 0) is 11.4 Å². The van der Waals surface area contributed by atoms with Gasteiger partial charge < -0.3 is 4.79 Å². The topological polar surface area (TPSA) is 17.1 Å². The van der Waals surface area contributed by atoms with Crippen LogP contribution in [0.5, 0.6) is 0 Å². The summed E-state index contributed by atoms with van der Waals surface area (Å²) in [6, 6.07) is 1.36. The molecule has 1 nitrogen and oxygen atoms in total. The van der Waals surface area contributed by atoms with Crippen LogP contribution >= 0.6 is 11.3 Å². The molecule has 4 heteroatoms. The van der Waals surface area contributed by atoms with Crippen molar-refractivity contribution in [2.75, 3.05) is 0 Å². The van der Waals surface area contributed by atoms with Gasteiger partial charge in [-0.2, -0.15) is 0 Å². The summed E-state index contributed by atoms with van der Waals surface area (Å²) in [5.74, 6) is 0. The number of hydrogen-bond acceptors (Lipinski definition) is 2. The van der Waals surface area contributed by atoms with Crippen LogP contribution in [-0.2, 0) is 11.2 Å². The first-order valence-corrected chi connectivity index (χ1v) is 3.91. The van der Waals surface area contributed by atoms with E-state index in [2.05, 4.69) is 0 Å². The molecule has 0 saturated heterocycles. The first-order chi connectivity index (χ1) is 5.25. The molecule has 0 N–H and O–H groups in total. The summed E-state index contributed by atoms with van der Waals surface area (Å²) in [5, 5.41) is 1.57. The van der Waals surface area contributed by atoms with E-state index < -0.39 is 6.43 Å². The molecule has 1 aromatic rings. The Morgan fingerprint density at radius 2 is 2.36 bits per heavy atom. The lowest BCUT2D eigenvalue weighted by atomic mass is 10.2. The van der Waals surface area contributed by atoms with Crippen molar-refractivity contribution in [1.82, 2.24) is 0 Å². The molecule has 0 atom stereocenters. The Balaban J connectivity index is 2.86. The number of carbonyl (C=O) groups excluding carboxylic acids is 1. The number of thiophene rings is 1. The van der Waals surface area contributed by atoms with E-state index in [9.17, 15) is 13.6 Å². The van der Waals surface area contributed by atoms with Gasteiger partial charge in [-0.1, -0.05) is 0 Å². The molecular formula is C7H6F2OS. The van der Waals surface area contributed by atoms with Crippen LogP contribution in [0, 0.1) is 0 Å². The summed E-state index contributed by atoms with van der Waals surface area (Å²) in [4.78, 5) is 10.5. The van der Waals surface area contributed by atoms with E-state index in [4.69, 9.17) is 0 Å². The van der Waals surface area contributed by atoms with Crippen molar-refractivity contribution in [3.05, 3.63) is 21.9 Å². The Morgan fingerprint density at radius 3 is 2.91 bits per heavy atom. The molecule has 0 bridgehead atoms. The fourth-order valence-corrected chi connectivity index (χ4v) is 1.62. The third kappa shape index (κ3) is 1.83. The van der Waals surface area contributed by atoms with Gasteiger partial charge in [0.15, 0.2) is 0 Å². The summed E-state index contributed by atoms with van der Waals surface area (Å²) < 4.78 is 24.1. The molecule has 0 aliphatic rings. The van der Waals surface area contributed by atoms with Crippen LogP contribution in [-0.4, -0.2) is 6.29 Å². The van der Waals surface area contributed by atoms with Crippen LogP contribution in [0.1, 0.15) is 16.9 Å². The number of aldehydes is 1. The zero-order valence-corrected chi connectivity index (χ0v) is 6.41. The van der Waals surface area contributed by atoms with Crippen LogP contribution in [0.25, 0.3) is 0 Å². The molecule has 60 valence electrons. The third-order valence-electron chi connectivity index (χ3n) is 1.28. The molecule has 1 rings (SSSR count). The predicted molar refractivity (Wildman–Crippen MR) is 39.0 cm³/mol. The standard InChI is InChI=1S/C7H6F2OS/c8-7(9)5-2-4-11-6(5)1-3-10/h2-4,7H,1H2. The average molecular weight is 176 g/mol. The molecule has 0 spiro atoms. The number of halogens is 2. The van der Waals surface area contributed by atoms with Gasteiger partial charge in [0.1, 0.15) is 6.29 Å². The Morgan fingerprint density at radius 1 is 1.64 bits per heavy atom. The van der Waals surface area contributed by atoms with Gasteiger partial charge in [0, 0.05) is 16.9 Å². The second-order valence-electron chi connectivity index (χ2n) is 1.97. The maximum atomic E-state index is 12.1. The Bertz CT molecular complexity index is 244. The zero-order valence-electron chi connectivity index (χ0n) is 5.59. The first-order valence-electron chi connectivity index (χ1n) is 3.03. The normalized spacial score (nSPS) is 10.5. The highest BCUT2D eigenvalue weighted by molar-refractivity contribution is 7.10. The molecule has 0 amide bonds. The maximum Gasteiger partial charge on any atom is 0.264 e. The fraction of sp³-hybridized carbons (Fsp3) is 0.286. The van der Waals surface area contributed by atoms with Crippen LogP contribution in [0.15, 0.2) is 11.4 Å². The van der Waals surface area contributed by atoms with Crippen molar-refractivity contribution in [2.45, 2.75) is 12.8 Å². The third-order valence-corrected chi connectivity index (χ3v) is 2.24. The molecule has 0 aromatic carbocycles. The van der Waals surface area contributed by atoms with Gasteiger partial charge in [-0.15, -0.1) is 11.3 Å². The van der Waals surface area contributed by atoms with Gasteiger partial charge in [-0.3, -0.25) is 0 Å². The maximum absolute atomic E-state index is 12.1. The lowest BCUT2D eigenvalue weighted by molar-refractivity contribution is -0.107. The van der Waals surface area contributed by atoms with Crippen molar-refractivity contribution in [1.29, 1.82) is 0 Å². The minimum absolute atomic E-state index is 0.0119. The number of alkyl halides is 2. The van der Waals surface area contributed by atoms with Crippen molar-refractivity contribution in [2.24, 2.45) is 0 Å². The quantitative estimate of drug-likeness (QED) is 0.646. The summed E-state index contributed by atoms with van der Waals surface area (Å²) in [6.07, 6.45) is -1.73. The molecule has 0 fully saturated rings. The van der Waals surface area contributed by atoms with E-state index in [1.165, 1.54) is 17.4 Å². The Labute approximate surface area is 66.7 Å². The molecule has 0 unspecified atom stereocenters. The number of carbonyl (C=O) groups is 1. The lowest BCUT2D eigenvalue weighted by Gasteiger charge is -1.96. The molecule has 0 radical (unpaired) electrons. The molecule has 1 heterocycles. The number of rotatable bonds is 3. The van der Waals surface area contributed by atoms with Crippen LogP contribution in [0.2, 0.25) is 0 Å². The molecule has 11 heavy (non-hydrogen) atoms. The van der Waals surface area contributed by atoms with Gasteiger partial charge >= 0.3 is 0 Å². The fourth-order valence-electron chi connectivity index (χ4n) is 0.787. The monoisotopic (exact) mass is 176 g/mol. The van der Waals surface area contributed by atoms with Crippen molar-refractivity contribution in [3.8, 4) is 0 Å². The van der Waals surface area contributed by atoms with Crippen LogP contribution < -0.4 is 0 Å². The van der Waals surface area contributed by atoms with E-state index in [-0.39, 0.29) is 12.0 Å². The highest BCUT2D eigenvalue weighted by atomic mass is 32.1. The van der Waals surface area contributed by atoms with Crippen molar-refractivity contribution in [3.63, 3.8) is 0 Å². The Kier molecular flexibility index (Phi) is 2.70. The average Bonchev–Trinajstić information content (AvgIpc) is 2.36. The Hall–Kier alpha value is -0.770. The molecule has 1 aromatic heterocycles. The molecule has 0 aliphatic carbocycles. The van der Waals surface area contributed by atoms with Crippen LogP contribution in [0.3, 0.4) is 0 Å². The minimum atomic E-state index is -2.46. The van der Waals surface area contributed by atoms with E-state index in [0.717, 1.165) is 0 Å². The van der Waals surface area contributed by atoms with Gasteiger partial charge in [0.25, 0.3) is 6.43 Å². The second kappa shape index (κ2) is 3.57. The first kappa shape index (κ1) is 8.33. The summed E-state index contributed by atoms with van der Waals surface area (Å²) in [7, 11) is 0. The van der Waals surface area contributed by atoms with E-state index in [1.807, 2.05) is 0 Å². The van der Waals surface area contributed by atoms with Crippen molar-refractivity contribution >= 4 is 17.6 Å². The largest absolute Gasteiger partial charge is 0.303 e. The zero-order chi connectivity index (χ0) is 8.27. The smallest absolute Gasteiger partial charge is 0.264 e. The SMILES string of the molecule is O=CCc1sccc1C(F)F. The molecular weight excluding hydrogens is 170 g/mol. The van der Waals surface area contributed by atoms with Crippen molar-refractivity contribution < 1.29 is 13.6 Å². The van der Waals surface area contributed by atoms with E-state index in [0.29, 0.717) is 11.2 Å². The van der Waals surface area contributed by atoms with Gasteiger partial charge in [-0.25, -0.2) is 8.78 Å². The predicted octanol–water partition coefficient (Wildman–Crippen LogP) is 2.43. The highest BCUT2D eigenvalue weighted by Crippen LogP contribution is 2.26. The second-order valence-corrected chi connectivity index (χ2v) is 2.97. The van der Waals surface area contributed by atoms with Gasteiger partial charge in [0.2, 0.25) is 0 Å². The highest BCUT2D eigenvalue weighted by Gasteiger charge is 2.12. The van der Waals surface area contributed by atoms with E-state index in [1.54, 1.807) is 5.38 Å². The van der Waals surface area contributed by atoms with Crippen LogP contribution in [0.4, 0.5) is 8.78 Å².